The molecule has 0 fully saturated rings. The third kappa shape index (κ3) is 8.09. The van der Waals surface area contributed by atoms with Crippen LogP contribution in [0.3, 0.4) is 0 Å². The summed E-state index contributed by atoms with van der Waals surface area (Å²) in [6.45, 7) is 2.74. The fourth-order valence-electron chi connectivity index (χ4n) is 1.47. The van der Waals surface area contributed by atoms with E-state index in [1.54, 1.807) is 7.11 Å². The fourth-order valence-corrected chi connectivity index (χ4v) is 1.47. The zero-order valence-electron chi connectivity index (χ0n) is 11.7. The van der Waals surface area contributed by atoms with Crippen molar-refractivity contribution in [2.45, 2.75) is 19.4 Å². The molecule has 0 aliphatic rings. The Hall–Kier alpha value is -1.17. The Kier molecular flexibility index (Phi) is 12.3. The molecule has 0 saturated carbocycles. The van der Waals surface area contributed by atoms with Crippen LogP contribution in [0, 0.1) is 0 Å². The largest absolute Gasteiger partial charge is 0.495 e. The highest BCUT2D eigenvalue weighted by Gasteiger charge is 2.04. The minimum atomic E-state index is -0.0541. The Morgan fingerprint density at radius 3 is 2.60 bits per heavy atom. The molecule has 0 heterocycles. The van der Waals surface area contributed by atoms with Crippen molar-refractivity contribution in [2.75, 3.05) is 25.5 Å². The van der Waals surface area contributed by atoms with Gasteiger partial charge in [-0.2, -0.15) is 0 Å². The Balaban J connectivity index is 0. The highest BCUT2D eigenvalue weighted by molar-refractivity contribution is 5.85. The van der Waals surface area contributed by atoms with Crippen LogP contribution in [0.5, 0.6) is 5.75 Å². The molecule has 1 aromatic rings. The van der Waals surface area contributed by atoms with E-state index in [1.807, 2.05) is 31.2 Å². The number of hydrogen-bond acceptors (Lipinski definition) is 4. The standard InChI is InChI=1S/C13H21N3O2.2ClH/c1-10(14)7-8-15-13(17)9-16-11-5-3-4-6-12(11)18-2;;/h3-6,10,16H,7-9,14H2,1-2H3,(H,15,17);2*1H. The molecule has 0 saturated heterocycles. The van der Waals surface area contributed by atoms with Crippen LogP contribution in [0.25, 0.3) is 0 Å². The average Bonchev–Trinajstić information content (AvgIpc) is 2.36. The molecule has 4 N–H and O–H groups in total. The first kappa shape index (κ1) is 21.1. The van der Waals surface area contributed by atoms with Gasteiger partial charge in [0, 0.05) is 12.6 Å². The van der Waals surface area contributed by atoms with E-state index in [-0.39, 0.29) is 43.3 Å². The maximum Gasteiger partial charge on any atom is 0.239 e. The third-order valence-electron chi connectivity index (χ3n) is 2.47. The summed E-state index contributed by atoms with van der Waals surface area (Å²) in [6, 6.07) is 7.59. The topological polar surface area (TPSA) is 76.4 Å². The lowest BCUT2D eigenvalue weighted by molar-refractivity contribution is -0.119. The van der Waals surface area contributed by atoms with E-state index in [4.69, 9.17) is 10.5 Å². The highest BCUT2D eigenvalue weighted by Crippen LogP contribution is 2.22. The molecule has 1 atom stereocenters. The number of anilines is 1. The Morgan fingerprint density at radius 2 is 2.00 bits per heavy atom. The van der Waals surface area contributed by atoms with Gasteiger partial charge in [0.25, 0.3) is 0 Å². The summed E-state index contributed by atoms with van der Waals surface area (Å²) in [5, 5.41) is 5.83. The second-order valence-electron chi connectivity index (χ2n) is 4.17. The first-order chi connectivity index (χ1) is 8.63. The third-order valence-corrected chi connectivity index (χ3v) is 2.47. The molecule has 0 aliphatic carbocycles. The molecule has 1 aromatic carbocycles. The van der Waals surface area contributed by atoms with Gasteiger partial charge < -0.3 is 21.1 Å². The average molecular weight is 324 g/mol. The molecule has 1 amide bonds. The number of carbonyl (C=O) groups is 1. The van der Waals surface area contributed by atoms with Crippen molar-refractivity contribution in [3.8, 4) is 5.75 Å². The van der Waals surface area contributed by atoms with Gasteiger partial charge in [0.1, 0.15) is 5.75 Å². The van der Waals surface area contributed by atoms with Crippen molar-refractivity contribution >= 4 is 36.4 Å². The SMILES string of the molecule is COc1ccccc1NCC(=O)NCCC(C)N.Cl.Cl. The second kappa shape index (κ2) is 11.6. The summed E-state index contributed by atoms with van der Waals surface area (Å²) in [5.41, 5.74) is 6.41. The molecule has 5 nitrogen and oxygen atoms in total. The maximum absolute atomic E-state index is 11.5. The first-order valence-corrected chi connectivity index (χ1v) is 6.02. The van der Waals surface area contributed by atoms with Crippen LogP contribution < -0.4 is 21.1 Å². The molecule has 1 rings (SSSR count). The molecular formula is C13H23Cl2N3O2. The number of hydrogen-bond donors (Lipinski definition) is 3. The van der Waals surface area contributed by atoms with Crippen LogP contribution in [-0.2, 0) is 4.79 Å². The molecule has 0 bridgehead atoms. The van der Waals surface area contributed by atoms with E-state index < -0.39 is 0 Å². The lowest BCUT2D eigenvalue weighted by Crippen LogP contribution is -2.33. The lowest BCUT2D eigenvalue weighted by Gasteiger charge is -2.11. The van der Waals surface area contributed by atoms with Gasteiger partial charge in [-0.1, -0.05) is 12.1 Å². The Morgan fingerprint density at radius 1 is 1.35 bits per heavy atom. The second-order valence-corrected chi connectivity index (χ2v) is 4.17. The lowest BCUT2D eigenvalue weighted by atomic mass is 10.2. The molecule has 0 radical (unpaired) electrons. The maximum atomic E-state index is 11.5. The number of amides is 1. The zero-order chi connectivity index (χ0) is 13.4. The number of ether oxygens (including phenoxy) is 1. The number of halogens is 2. The summed E-state index contributed by atoms with van der Waals surface area (Å²) in [5.74, 6) is 0.669. The van der Waals surface area contributed by atoms with Gasteiger partial charge in [0.2, 0.25) is 5.91 Å². The van der Waals surface area contributed by atoms with Gasteiger partial charge in [-0.25, -0.2) is 0 Å². The molecular weight excluding hydrogens is 301 g/mol. The van der Waals surface area contributed by atoms with Gasteiger partial charge >= 0.3 is 0 Å². The van der Waals surface area contributed by atoms with Gasteiger partial charge in [-0.15, -0.1) is 24.8 Å². The number of methoxy groups -OCH3 is 1. The van der Waals surface area contributed by atoms with Gasteiger partial charge in [-0.05, 0) is 25.5 Å². The number of rotatable bonds is 7. The quantitative estimate of drug-likeness (QED) is 0.715. The smallest absolute Gasteiger partial charge is 0.239 e. The minimum absolute atomic E-state index is 0. The first-order valence-electron chi connectivity index (χ1n) is 6.02. The van der Waals surface area contributed by atoms with Crippen LogP contribution in [0.1, 0.15) is 13.3 Å². The molecule has 1 unspecified atom stereocenters. The number of benzene rings is 1. The van der Waals surface area contributed by atoms with Crippen molar-refractivity contribution in [2.24, 2.45) is 5.73 Å². The Labute approximate surface area is 132 Å². The van der Waals surface area contributed by atoms with Gasteiger partial charge in [0.05, 0.1) is 19.3 Å². The molecule has 0 aromatic heterocycles. The zero-order valence-corrected chi connectivity index (χ0v) is 13.4. The monoisotopic (exact) mass is 323 g/mol. The number of nitrogens with two attached hydrogens (primary N) is 1. The minimum Gasteiger partial charge on any atom is -0.495 e. The summed E-state index contributed by atoms with van der Waals surface area (Å²) in [4.78, 5) is 11.5. The summed E-state index contributed by atoms with van der Waals surface area (Å²) in [7, 11) is 1.60. The van der Waals surface area contributed by atoms with Crippen LogP contribution >= 0.6 is 24.8 Å². The van der Waals surface area contributed by atoms with Crippen molar-refractivity contribution < 1.29 is 9.53 Å². The van der Waals surface area contributed by atoms with E-state index in [1.165, 1.54) is 0 Å². The van der Waals surface area contributed by atoms with Crippen LogP contribution in [-0.4, -0.2) is 32.1 Å². The Bertz CT molecular complexity index is 390. The summed E-state index contributed by atoms with van der Waals surface area (Å²) >= 11 is 0. The van der Waals surface area contributed by atoms with Crippen molar-refractivity contribution in [3.05, 3.63) is 24.3 Å². The predicted octanol–water partition coefficient (Wildman–Crippen LogP) is 1.80. The van der Waals surface area contributed by atoms with Crippen molar-refractivity contribution in [1.82, 2.24) is 5.32 Å². The van der Waals surface area contributed by atoms with E-state index in [2.05, 4.69) is 10.6 Å². The number of para-hydroxylation sites is 2. The van der Waals surface area contributed by atoms with E-state index in [9.17, 15) is 4.79 Å². The fraction of sp³-hybridized carbons (Fsp3) is 0.462. The molecule has 7 heteroatoms. The predicted molar refractivity (Wildman–Crippen MR) is 87.3 cm³/mol. The molecule has 0 spiro atoms. The highest BCUT2D eigenvalue weighted by atomic mass is 35.5. The molecule has 116 valence electrons. The number of carbonyl (C=O) groups excluding carboxylic acids is 1. The van der Waals surface area contributed by atoms with Gasteiger partial charge in [-0.3, -0.25) is 4.79 Å². The van der Waals surface area contributed by atoms with E-state index >= 15 is 0 Å². The summed E-state index contributed by atoms with van der Waals surface area (Å²) < 4.78 is 5.18. The summed E-state index contributed by atoms with van der Waals surface area (Å²) in [6.07, 6.45) is 0.778. The van der Waals surface area contributed by atoms with Crippen LogP contribution in [0.2, 0.25) is 0 Å². The van der Waals surface area contributed by atoms with E-state index in [0.29, 0.717) is 6.54 Å². The normalized spacial score (nSPS) is 10.6. The number of nitrogens with one attached hydrogen (secondary N) is 2. The van der Waals surface area contributed by atoms with Crippen molar-refractivity contribution in [3.63, 3.8) is 0 Å². The van der Waals surface area contributed by atoms with E-state index in [0.717, 1.165) is 17.9 Å². The van der Waals surface area contributed by atoms with Crippen LogP contribution in [0.4, 0.5) is 5.69 Å². The van der Waals surface area contributed by atoms with Gasteiger partial charge in [0.15, 0.2) is 0 Å². The van der Waals surface area contributed by atoms with Crippen molar-refractivity contribution in [1.29, 1.82) is 0 Å². The molecule has 0 aliphatic heterocycles. The van der Waals surface area contributed by atoms with Crippen LogP contribution in [0.15, 0.2) is 24.3 Å². The molecule has 20 heavy (non-hydrogen) atoms.